The fourth-order valence-electron chi connectivity index (χ4n) is 2.42. The molecule has 2 atom stereocenters. The van der Waals surface area contributed by atoms with Crippen molar-refractivity contribution in [2.24, 2.45) is 0 Å². The SMILES string of the molecule is C[C@H]1CC(NCc2ccccc2Cl)c2ccsc2S1. The van der Waals surface area contributed by atoms with E-state index in [1.807, 2.05) is 41.3 Å². The van der Waals surface area contributed by atoms with Gasteiger partial charge in [0.1, 0.15) is 0 Å². The number of thiophene rings is 1. The molecule has 1 aliphatic heterocycles. The summed E-state index contributed by atoms with van der Waals surface area (Å²) in [6.45, 7) is 3.13. The summed E-state index contributed by atoms with van der Waals surface area (Å²) in [5.41, 5.74) is 2.63. The Labute approximate surface area is 127 Å². The third-order valence-electron chi connectivity index (χ3n) is 3.41. The first-order chi connectivity index (χ1) is 9.24. The predicted octanol–water partition coefficient (Wildman–Crippen LogP) is 5.12. The summed E-state index contributed by atoms with van der Waals surface area (Å²) < 4.78 is 1.47. The first kappa shape index (κ1) is 13.5. The van der Waals surface area contributed by atoms with Crippen LogP contribution in [0.25, 0.3) is 0 Å². The average Bonchev–Trinajstić information content (AvgIpc) is 2.85. The van der Waals surface area contributed by atoms with Crippen molar-refractivity contribution in [1.82, 2.24) is 5.32 Å². The van der Waals surface area contributed by atoms with Gasteiger partial charge < -0.3 is 5.32 Å². The number of hydrogen-bond donors (Lipinski definition) is 1. The topological polar surface area (TPSA) is 12.0 Å². The molecule has 0 bridgehead atoms. The van der Waals surface area contributed by atoms with E-state index >= 15 is 0 Å². The minimum absolute atomic E-state index is 0.453. The Hall–Kier alpha value is -0.480. The van der Waals surface area contributed by atoms with Crippen molar-refractivity contribution >= 4 is 34.7 Å². The Morgan fingerprint density at radius 1 is 1.32 bits per heavy atom. The van der Waals surface area contributed by atoms with Crippen LogP contribution in [0.2, 0.25) is 5.02 Å². The maximum absolute atomic E-state index is 6.21. The summed E-state index contributed by atoms with van der Waals surface area (Å²) in [7, 11) is 0. The second-order valence-corrected chi connectivity index (χ2v) is 7.88. The summed E-state index contributed by atoms with van der Waals surface area (Å²) in [5.74, 6) is 0. The Morgan fingerprint density at radius 3 is 3.00 bits per heavy atom. The molecule has 4 heteroatoms. The number of fused-ring (bicyclic) bond motifs is 1. The molecule has 100 valence electrons. The predicted molar refractivity (Wildman–Crippen MR) is 85.3 cm³/mol. The number of nitrogens with one attached hydrogen (secondary N) is 1. The van der Waals surface area contributed by atoms with Crippen molar-refractivity contribution in [1.29, 1.82) is 0 Å². The first-order valence-corrected chi connectivity index (χ1v) is 8.58. The van der Waals surface area contributed by atoms with E-state index < -0.39 is 0 Å². The van der Waals surface area contributed by atoms with Crippen LogP contribution >= 0.6 is 34.7 Å². The molecule has 2 heterocycles. The molecule has 1 aliphatic rings. The summed E-state index contributed by atoms with van der Waals surface area (Å²) in [4.78, 5) is 0. The smallest absolute Gasteiger partial charge is 0.0649 e. The van der Waals surface area contributed by atoms with Crippen LogP contribution in [0, 0.1) is 0 Å². The third kappa shape index (κ3) is 3.00. The fourth-order valence-corrected chi connectivity index (χ4v) is 5.19. The Kier molecular flexibility index (Phi) is 4.18. The molecule has 19 heavy (non-hydrogen) atoms. The molecule has 2 aromatic rings. The minimum Gasteiger partial charge on any atom is -0.306 e. The Morgan fingerprint density at radius 2 is 2.16 bits per heavy atom. The zero-order chi connectivity index (χ0) is 13.2. The van der Waals surface area contributed by atoms with E-state index in [4.69, 9.17) is 11.6 Å². The summed E-state index contributed by atoms with van der Waals surface area (Å²) in [6.07, 6.45) is 1.18. The molecular weight excluding hydrogens is 294 g/mol. The van der Waals surface area contributed by atoms with Gasteiger partial charge in [-0.3, -0.25) is 0 Å². The normalized spacial score (nSPS) is 22.2. The molecule has 1 aromatic carbocycles. The van der Waals surface area contributed by atoms with Gasteiger partial charge in [0.2, 0.25) is 0 Å². The Bertz CT molecular complexity index is 567. The molecule has 0 saturated carbocycles. The highest BCUT2D eigenvalue weighted by Gasteiger charge is 2.25. The molecular formula is C15H16ClNS2. The minimum atomic E-state index is 0.453. The average molecular weight is 310 g/mol. The van der Waals surface area contributed by atoms with E-state index in [-0.39, 0.29) is 0 Å². The Balaban J connectivity index is 1.73. The highest BCUT2D eigenvalue weighted by Crippen LogP contribution is 2.43. The van der Waals surface area contributed by atoms with Crippen LogP contribution in [0.4, 0.5) is 0 Å². The van der Waals surface area contributed by atoms with E-state index in [1.54, 1.807) is 0 Å². The molecule has 1 unspecified atom stereocenters. The molecule has 0 radical (unpaired) electrons. The van der Waals surface area contributed by atoms with Gasteiger partial charge in [-0.15, -0.1) is 23.1 Å². The van der Waals surface area contributed by atoms with Gasteiger partial charge >= 0.3 is 0 Å². The van der Waals surface area contributed by atoms with Gasteiger partial charge in [0.25, 0.3) is 0 Å². The van der Waals surface area contributed by atoms with Crippen LogP contribution in [-0.2, 0) is 6.54 Å². The molecule has 1 nitrogen and oxygen atoms in total. The zero-order valence-electron chi connectivity index (χ0n) is 10.7. The molecule has 0 spiro atoms. The van der Waals surface area contributed by atoms with Gasteiger partial charge in [0.15, 0.2) is 0 Å². The van der Waals surface area contributed by atoms with Crippen LogP contribution in [0.5, 0.6) is 0 Å². The van der Waals surface area contributed by atoms with Crippen LogP contribution in [0.15, 0.2) is 39.9 Å². The van der Waals surface area contributed by atoms with Crippen molar-refractivity contribution < 1.29 is 0 Å². The van der Waals surface area contributed by atoms with Crippen molar-refractivity contribution in [3.63, 3.8) is 0 Å². The maximum Gasteiger partial charge on any atom is 0.0649 e. The van der Waals surface area contributed by atoms with E-state index in [2.05, 4.69) is 29.8 Å². The van der Waals surface area contributed by atoms with Crippen LogP contribution in [0.1, 0.15) is 30.5 Å². The summed E-state index contributed by atoms with van der Waals surface area (Å²) >= 11 is 10.1. The summed E-state index contributed by atoms with van der Waals surface area (Å²) in [5, 5.41) is 7.38. The van der Waals surface area contributed by atoms with Gasteiger partial charge in [-0.1, -0.05) is 36.7 Å². The number of rotatable bonds is 3. The number of benzene rings is 1. The largest absolute Gasteiger partial charge is 0.306 e. The number of hydrogen-bond acceptors (Lipinski definition) is 3. The summed E-state index contributed by atoms with van der Waals surface area (Å²) in [6, 6.07) is 10.8. The van der Waals surface area contributed by atoms with E-state index in [0.29, 0.717) is 11.3 Å². The van der Waals surface area contributed by atoms with Crippen LogP contribution in [-0.4, -0.2) is 5.25 Å². The monoisotopic (exact) mass is 309 g/mol. The fraction of sp³-hybridized carbons (Fsp3) is 0.333. The quantitative estimate of drug-likeness (QED) is 0.845. The zero-order valence-corrected chi connectivity index (χ0v) is 13.1. The second kappa shape index (κ2) is 5.88. The third-order valence-corrected chi connectivity index (χ3v) is 6.12. The first-order valence-electron chi connectivity index (χ1n) is 6.45. The molecule has 0 amide bonds. The van der Waals surface area contributed by atoms with Crippen molar-refractivity contribution in [3.05, 3.63) is 51.9 Å². The van der Waals surface area contributed by atoms with Gasteiger partial charge in [0.05, 0.1) is 4.21 Å². The number of halogens is 1. The van der Waals surface area contributed by atoms with Crippen LogP contribution in [0.3, 0.4) is 0 Å². The van der Waals surface area contributed by atoms with Gasteiger partial charge in [-0.2, -0.15) is 0 Å². The van der Waals surface area contributed by atoms with Crippen molar-refractivity contribution in [2.75, 3.05) is 0 Å². The van der Waals surface area contributed by atoms with Crippen molar-refractivity contribution in [2.45, 2.75) is 35.4 Å². The van der Waals surface area contributed by atoms with Crippen LogP contribution < -0.4 is 5.32 Å². The maximum atomic E-state index is 6.21. The molecule has 0 fully saturated rings. The highest BCUT2D eigenvalue weighted by molar-refractivity contribution is 8.01. The van der Waals surface area contributed by atoms with E-state index in [0.717, 1.165) is 11.6 Å². The second-order valence-electron chi connectivity index (χ2n) is 4.85. The van der Waals surface area contributed by atoms with Gasteiger partial charge in [0, 0.05) is 22.9 Å². The lowest BCUT2D eigenvalue weighted by Gasteiger charge is -2.27. The van der Waals surface area contributed by atoms with Crippen molar-refractivity contribution in [3.8, 4) is 0 Å². The molecule has 0 saturated heterocycles. The molecule has 1 aromatic heterocycles. The lowest BCUT2D eigenvalue weighted by molar-refractivity contribution is 0.488. The van der Waals surface area contributed by atoms with E-state index in [9.17, 15) is 0 Å². The molecule has 0 aliphatic carbocycles. The molecule has 3 rings (SSSR count). The number of thioether (sulfide) groups is 1. The lowest BCUT2D eigenvalue weighted by atomic mass is 10.0. The standard InChI is InChI=1S/C15H16ClNS2/c1-10-8-14(12-6-7-18-15(12)19-10)17-9-11-4-2-3-5-13(11)16/h2-7,10,14,17H,8-9H2,1H3/t10-,14?/m0/s1. The highest BCUT2D eigenvalue weighted by atomic mass is 35.5. The lowest BCUT2D eigenvalue weighted by Crippen LogP contribution is -2.26. The molecule has 1 N–H and O–H groups in total. The van der Waals surface area contributed by atoms with Gasteiger partial charge in [-0.05, 0) is 35.1 Å². The van der Waals surface area contributed by atoms with E-state index in [1.165, 1.54) is 21.8 Å². The van der Waals surface area contributed by atoms with Gasteiger partial charge in [-0.25, -0.2) is 0 Å².